The Kier molecular flexibility index (Phi) is 4.72. The Morgan fingerprint density at radius 3 is 2.65 bits per heavy atom. The zero-order valence-electron chi connectivity index (χ0n) is 9.37. The van der Waals surface area contributed by atoms with Crippen LogP contribution >= 0.6 is 23.8 Å². The molecule has 1 rings (SSSR count). The normalized spacial score (nSPS) is 11.9. The van der Waals surface area contributed by atoms with Crippen LogP contribution < -0.4 is 16.8 Å². The van der Waals surface area contributed by atoms with Crippen molar-refractivity contribution < 1.29 is 4.79 Å². The minimum atomic E-state index is -0.360. The molecule has 92 valence electrons. The number of thiocarbonyl (C=S) groups is 1. The molecular formula is C11H14ClN3OS. The summed E-state index contributed by atoms with van der Waals surface area (Å²) in [5.74, 6) is -0.360. The monoisotopic (exact) mass is 271 g/mol. The molecule has 1 amide bonds. The largest absolute Gasteiger partial charge is 0.389 e. The quantitative estimate of drug-likeness (QED) is 0.712. The highest BCUT2D eigenvalue weighted by molar-refractivity contribution is 7.80. The number of hydrogen-bond donors (Lipinski definition) is 3. The first kappa shape index (κ1) is 13.7. The average Bonchev–Trinajstić information content (AvgIpc) is 2.19. The van der Waals surface area contributed by atoms with Crippen molar-refractivity contribution in [3.63, 3.8) is 0 Å². The number of anilines is 1. The average molecular weight is 272 g/mol. The molecule has 0 aromatic heterocycles. The van der Waals surface area contributed by atoms with Gasteiger partial charge in [0.15, 0.2) is 0 Å². The summed E-state index contributed by atoms with van der Waals surface area (Å²) in [6, 6.07) is 5.14. The van der Waals surface area contributed by atoms with Gasteiger partial charge >= 0.3 is 0 Å². The highest BCUT2D eigenvalue weighted by atomic mass is 35.5. The molecule has 0 heterocycles. The molecular weight excluding hydrogens is 258 g/mol. The van der Waals surface area contributed by atoms with E-state index in [4.69, 9.17) is 35.3 Å². The Morgan fingerprint density at radius 2 is 2.18 bits per heavy atom. The number of primary amides is 1. The zero-order chi connectivity index (χ0) is 13.0. The summed E-state index contributed by atoms with van der Waals surface area (Å²) in [4.78, 5) is 11.0. The fourth-order valence-corrected chi connectivity index (χ4v) is 1.77. The van der Waals surface area contributed by atoms with Gasteiger partial charge in [-0.2, -0.15) is 0 Å². The van der Waals surface area contributed by atoms with E-state index in [2.05, 4.69) is 5.32 Å². The SMILES string of the molecule is CC(CC(N)=O)Nc1ccc(C(N)=S)cc1Cl. The predicted octanol–water partition coefficient (Wildman–Crippen LogP) is 1.65. The molecule has 0 spiro atoms. The van der Waals surface area contributed by atoms with Crippen molar-refractivity contribution in [3.05, 3.63) is 28.8 Å². The molecule has 5 N–H and O–H groups in total. The van der Waals surface area contributed by atoms with Gasteiger partial charge in [-0.1, -0.05) is 23.8 Å². The molecule has 17 heavy (non-hydrogen) atoms. The van der Waals surface area contributed by atoms with Gasteiger partial charge in [-0.15, -0.1) is 0 Å². The molecule has 1 unspecified atom stereocenters. The van der Waals surface area contributed by atoms with Crippen molar-refractivity contribution in [3.8, 4) is 0 Å². The molecule has 1 atom stereocenters. The number of carbonyl (C=O) groups is 1. The van der Waals surface area contributed by atoms with Crippen molar-refractivity contribution in [1.29, 1.82) is 0 Å². The molecule has 0 saturated carbocycles. The third-order valence-corrected chi connectivity index (χ3v) is 2.71. The van der Waals surface area contributed by atoms with E-state index in [-0.39, 0.29) is 18.4 Å². The number of rotatable bonds is 5. The van der Waals surface area contributed by atoms with Crippen LogP contribution in [0, 0.1) is 0 Å². The Bertz CT molecular complexity index is 450. The van der Waals surface area contributed by atoms with Gasteiger partial charge in [0.25, 0.3) is 0 Å². The lowest BCUT2D eigenvalue weighted by atomic mass is 10.1. The summed E-state index contributed by atoms with van der Waals surface area (Å²) in [6.45, 7) is 1.85. The van der Waals surface area contributed by atoms with Gasteiger partial charge in [0.2, 0.25) is 5.91 Å². The van der Waals surface area contributed by atoms with Crippen molar-refractivity contribution >= 4 is 40.4 Å². The van der Waals surface area contributed by atoms with Crippen molar-refractivity contribution in [1.82, 2.24) is 0 Å². The van der Waals surface area contributed by atoms with Crippen molar-refractivity contribution in [2.45, 2.75) is 19.4 Å². The van der Waals surface area contributed by atoms with Crippen LogP contribution in [-0.4, -0.2) is 16.9 Å². The minimum Gasteiger partial charge on any atom is -0.389 e. The van der Waals surface area contributed by atoms with Crippen LogP contribution in [0.3, 0.4) is 0 Å². The lowest BCUT2D eigenvalue weighted by Gasteiger charge is -2.15. The smallest absolute Gasteiger partial charge is 0.219 e. The van der Waals surface area contributed by atoms with E-state index >= 15 is 0 Å². The lowest BCUT2D eigenvalue weighted by Crippen LogP contribution is -2.24. The van der Waals surface area contributed by atoms with Gasteiger partial charge in [-0.05, 0) is 25.1 Å². The summed E-state index contributed by atoms with van der Waals surface area (Å²) in [6.07, 6.45) is 0.243. The lowest BCUT2D eigenvalue weighted by molar-refractivity contribution is -0.118. The first-order chi connectivity index (χ1) is 7.90. The maximum Gasteiger partial charge on any atom is 0.219 e. The van der Waals surface area contributed by atoms with Gasteiger partial charge in [-0.25, -0.2) is 0 Å². The minimum absolute atomic E-state index is 0.0827. The maximum absolute atomic E-state index is 10.7. The third-order valence-electron chi connectivity index (χ3n) is 2.16. The summed E-state index contributed by atoms with van der Waals surface area (Å²) < 4.78 is 0. The Balaban J connectivity index is 2.79. The maximum atomic E-state index is 10.7. The van der Waals surface area contributed by atoms with Crippen molar-refractivity contribution in [2.24, 2.45) is 11.5 Å². The molecule has 0 aliphatic carbocycles. The molecule has 0 bridgehead atoms. The second kappa shape index (κ2) is 5.84. The molecule has 4 nitrogen and oxygen atoms in total. The third kappa shape index (κ3) is 4.20. The van der Waals surface area contributed by atoms with Gasteiger partial charge in [0.05, 0.1) is 10.7 Å². The van der Waals surface area contributed by atoms with E-state index in [1.807, 2.05) is 6.92 Å². The Hall–Kier alpha value is -1.33. The van der Waals surface area contributed by atoms with Crippen LogP contribution in [0.4, 0.5) is 5.69 Å². The number of amides is 1. The van der Waals surface area contributed by atoms with E-state index < -0.39 is 0 Å². The molecule has 0 saturated heterocycles. The summed E-state index contributed by atoms with van der Waals surface area (Å²) in [7, 11) is 0. The van der Waals surface area contributed by atoms with Gasteiger partial charge < -0.3 is 16.8 Å². The van der Waals surface area contributed by atoms with Crippen molar-refractivity contribution in [2.75, 3.05) is 5.32 Å². The Labute approximate surface area is 110 Å². The Morgan fingerprint density at radius 1 is 1.53 bits per heavy atom. The fourth-order valence-electron chi connectivity index (χ4n) is 1.40. The number of nitrogens with two attached hydrogens (primary N) is 2. The van der Waals surface area contributed by atoms with Crippen LogP contribution in [0.15, 0.2) is 18.2 Å². The number of benzene rings is 1. The number of halogens is 1. The molecule has 0 radical (unpaired) electrons. The highest BCUT2D eigenvalue weighted by Crippen LogP contribution is 2.24. The van der Waals surface area contributed by atoms with Crippen LogP contribution in [0.2, 0.25) is 5.02 Å². The van der Waals surface area contributed by atoms with Crippen LogP contribution in [0.25, 0.3) is 0 Å². The zero-order valence-corrected chi connectivity index (χ0v) is 10.9. The van der Waals surface area contributed by atoms with Gasteiger partial charge in [0.1, 0.15) is 4.99 Å². The second-order valence-electron chi connectivity index (χ2n) is 3.77. The first-order valence-corrected chi connectivity index (χ1v) is 5.83. The number of hydrogen-bond acceptors (Lipinski definition) is 3. The highest BCUT2D eigenvalue weighted by Gasteiger charge is 2.09. The van der Waals surface area contributed by atoms with Crippen LogP contribution in [-0.2, 0) is 4.79 Å². The van der Waals surface area contributed by atoms with Gasteiger partial charge in [-0.3, -0.25) is 4.79 Å². The molecule has 1 aromatic rings. The number of carbonyl (C=O) groups excluding carboxylic acids is 1. The summed E-state index contributed by atoms with van der Waals surface area (Å²) >= 11 is 10.9. The molecule has 0 aliphatic heterocycles. The van der Waals surface area contributed by atoms with Crippen LogP contribution in [0.5, 0.6) is 0 Å². The predicted molar refractivity (Wildman–Crippen MR) is 74.2 cm³/mol. The summed E-state index contributed by atoms with van der Waals surface area (Å²) in [5, 5.41) is 3.60. The fraction of sp³-hybridized carbons (Fsp3) is 0.273. The second-order valence-corrected chi connectivity index (χ2v) is 4.62. The summed E-state index contributed by atoms with van der Waals surface area (Å²) in [5.41, 5.74) is 12.0. The van der Waals surface area contributed by atoms with E-state index in [1.165, 1.54) is 0 Å². The van der Waals surface area contributed by atoms with Crippen LogP contribution in [0.1, 0.15) is 18.9 Å². The standard InChI is InChI=1S/C11H14ClN3OS/c1-6(4-10(13)16)15-9-3-2-7(11(14)17)5-8(9)12/h2-3,5-6,15H,4H2,1H3,(H2,13,16)(H2,14,17). The first-order valence-electron chi connectivity index (χ1n) is 5.04. The van der Waals surface area contributed by atoms with E-state index in [9.17, 15) is 4.79 Å². The molecule has 0 aliphatic rings. The molecule has 6 heteroatoms. The van der Waals surface area contributed by atoms with E-state index in [1.54, 1.807) is 18.2 Å². The molecule has 1 aromatic carbocycles. The van der Waals surface area contributed by atoms with E-state index in [0.717, 1.165) is 5.69 Å². The number of nitrogens with one attached hydrogen (secondary N) is 1. The van der Waals surface area contributed by atoms with E-state index in [0.29, 0.717) is 15.6 Å². The molecule has 0 fully saturated rings. The topological polar surface area (TPSA) is 81.1 Å². The van der Waals surface area contributed by atoms with Gasteiger partial charge in [0, 0.05) is 18.0 Å².